The molecule has 1 saturated carbocycles. The van der Waals surface area contributed by atoms with Crippen LogP contribution >= 0.6 is 11.8 Å². The highest BCUT2D eigenvalue weighted by Crippen LogP contribution is 2.27. The van der Waals surface area contributed by atoms with Crippen molar-refractivity contribution in [1.29, 1.82) is 0 Å². The van der Waals surface area contributed by atoms with Crippen molar-refractivity contribution >= 4 is 17.7 Å². The predicted molar refractivity (Wildman–Crippen MR) is 77.0 cm³/mol. The van der Waals surface area contributed by atoms with Crippen LogP contribution < -0.4 is 10.6 Å². The van der Waals surface area contributed by atoms with Gasteiger partial charge in [0.2, 0.25) is 5.91 Å². The van der Waals surface area contributed by atoms with Gasteiger partial charge in [0.05, 0.1) is 6.54 Å². The van der Waals surface area contributed by atoms with Crippen molar-refractivity contribution in [2.45, 2.75) is 37.0 Å². The summed E-state index contributed by atoms with van der Waals surface area (Å²) >= 11 is 1.93. The molecular weight excluding hydrogens is 246 g/mol. The maximum absolute atomic E-state index is 12.0. The van der Waals surface area contributed by atoms with Crippen molar-refractivity contribution in [3.8, 4) is 0 Å². The first kappa shape index (κ1) is 14.2. The molecule has 2 N–H and O–H groups in total. The molecule has 1 saturated heterocycles. The molecule has 1 aliphatic heterocycles. The number of hydrogen-bond acceptors (Lipinski definition) is 4. The van der Waals surface area contributed by atoms with E-state index < -0.39 is 0 Å². The van der Waals surface area contributed by atoms with E-state index in [1.54, 1.807) is 0 Å². The van der Waals surface area contributed by atoms with Gasteiger partial charge in [0.1, 0.15) is 0 Å². The summed E-state index contributed by atoms with van der Waals surface area (Å²) in [4.78, 5) is 14.3. The lowest BCUT2D eigenvalue weighted by molar-refractivity contribution is -0.122. The van der Waals surface area contributed by atoms with Gasteiger partial charge >= 0.3 is 0 Å². The van der Waals surface area contributed by atoms with Crippen LogP contribution in [0.5, 0.6) is 0 Å². The standard InChI is InChI=1S/C13H25N3OS/c1-18-12-4-3-11(9-12)15-13(17)10-16-7-2-5-14-6-8-16/h11-12,14H,2-10H2,1H3,(H,15,17). The van der Waals surface area contributed by atoms with Gasteiger partial charge in [-0.15, -0.1) is 0 Å². The molecule has 2 fully saturated rings. The summed E-state index contributed by atoms with van der Waals surface area (Å²) in [7, 11) is 0. The summed E-state index contributed by atoms with van der Waals surface area (Å²) in [6, 6.07) is 0.417. The zero-order valence-corrected chi connectivity index (χ0v) is 12.1. The van der Waals surface area contributed by atoms with E-state index in [1.165, 1.54) is 6.42 Å². The minimum Gasteiger partial charge on any atom is -0.352 e. The van der Waals surface area contributed by atoms with Gasteiger partial charge in [0, 0.05) is 24.4 Å². The monoisotopic (exact) mass is 271 g/mol. The molecule has 4 nitrogen and oxygen atoms in total. The lowest BCUT2D eigenvalue weighted by Crippen LogP contribution is -2.42. The van der Waals surface area contributed by atoms with Gasteiger partial charge in [0.15, 0.2) is 0 Å². The van der Waals surface area contributed by atoms with Gasteiger partial charge in [0.25, 0.3) is 0 Å². The lowest BCUT2D eigenvalue weighted by atomic mass is 10.2. The van der Waals surface area contributed by atoms with Crippen LogP contribution in [-0.4, -0.2) is 61.1 Å². The number of hydrogen-bond donors (Lipinski definition) is 2. The zero-order chi connectivity index (χ0) is 12.8. The summed E-state index contributed by atoms with van der Waals surface area (Å²) in [5.74, 6) is 0.212. The molecule has 5 heteroatoms. The number of nitrogens with zero attached hydrogens (tertiary/aromatic N) is 1. The van der Waals surface area contributed by atoms with E-state index >= 15 is 0 Å². The van der Waals surface area contributed by atoms with Crippen LogP contribution in [0.25, 0.3) is 0 Å². The molecule has 2 rings (SSSR count). The highest BCUT2D eigenvalue weighted by Gasteiger charge is 2.25. The van der Waals surface area contributed by atoms with E-state index in [-0.39, 0.29) is 5.91 Å². The SMILES string of the molecule is CSC1CCC(NC(=O)CN2CCCNCC2)C1. The van der Waals surface area contributed by atoms with E-state index in [9.17, 15) is 4.79 Å². The molecule has 2 unspecified atom stereocenters. The molecular formula is C13H25N3OS. The van der Waals surface area contributed by atoms with E-state index in [2.05, 4.69) is 21.8 Å². The summed E-state index contributed by atoms with van der Waals surface area (Å²) in [5.41, 5.74) is 0. The van der Waals surface area contributed by atoms with E-state index in [0.717, 1.165) is 50.7 Å². The molecule has 0 aromatic heterocycles. The third kappa shape index (κ3) is 4.44. The number of carbonyl (C=O) groups is 1. The van der Waals surface area contributed by atoms with Gasteiger partial charge in [-0.25, -0.2) is 0 Å². The van der Waals surface area contributed by atoms with Crippen LogP contribution in [-0.2, 0) is 4.79 Å². The molecule has 1 aliphatic carbocycles. The third-order valence-electron chi connectivity index (χ3n) is 3.88. The molecule has 0 aromatic carbocycles. The molecule has 104 valence electrons. The Morgan fingerprint density at radius 2 is 2.28 bits per heavy atom. The second-order valence-corrected chi connectivity index (χ2v) is 6.45. The number of carbonyl (C=O) groups excluding carboxylic acids is 1. The van der Waals surface area contributed by atoms with Crippen molar-refractivity contribution in [3.05, 3.63) is 0 Å². The minimum atomic E-state index is 0.212. The first-order valence-corrected chi connectivity index (χ1v) is 8.32. The predicted octanol–water partition coefficient (Wildman–Crippen LogP) is 0.682. The number of thioether (sulfide) groups is 1. The molecule has 0 bridgehead atoms. The van der Waals surface area contributed by atoms with Gasteiger partial charge in [-0.3, -0.25) is 9.69 Å². The fourth-order valence-electron chi connectivity index (χ4n) is 2.82. The Morgan fingerprint density at radius 3 is 3.06 bits per heavy atom. The largest absolute Gasteiger partial charge is 0.352 e. The minimum absolute atomic E-state index is 0.212. The maximum atomic E-state index is 12.0. The topological polar surface area (TPSA) is 44.4 Å². The van der Waals surface area contributed by atoms with Gasteiger partial charge in [-0.1, -0.05) is 0 Å². The van der Waals surface area contributed by atoms with Crippen LogP contribution in [0, 0.1) is 0 Å². The Bertz CT molecular complexity index is 267. The lowest BCUT2D eigenvalue weighted by Gasteiger charge is -2.20. The van der Waals surface area contributed by atoms with Crippen molar-refractivity contribution in [1.82, 2.24) is 15.5 Å². The van der Waals surface area contributed by atoms with Crippen molar-refractivity contribution < 1.29 is 4.79 Å². The quantitative estimate of drug-likeness (QED) is 0.789. The number of nitrogens with one attached hydrogen (secondary N) is 2. The normalized spacial score (nSPS) is 30.1. The summed E-state index contributed by atoms with van der Waals surface area (Å²) < 4.78 is 0. The van der Waals surface area contributed by atoms with Gasteiger partial charge < -0.3 is 10.6 Å². The van der Waals surface area contributed by atoms with E-state index in [0.29, 0.717) is 12.6 Å². The molecule has 2 atom stereocenters. The second kappa shape index (κ2) is 7.36. The highest BCUT2D eigenvalue weighted by atomic mass is 32.2. The summed E-state index contributed by atoms with van der Waals surface area (Å²) in [6.45, 7) is 4.69. The Kier molecular flexibility index (Phi) is 5.79. The maximum Gasteiger partial charge on any atom is 0.234 e. The first-order chi connectivity index (χ1) is 8.78. The smallest absolute Gasteiger partial charge is 0.234 e. The Balaban J connectivity index is 1.68. The molecule has 1 amide bonds. The molecule has 18 heavy (non-hydrogen) atoms. The van der Waals surface area contributed by atoms with Crippen LogP contribution in [0.4, 0.5) is 0 Å². The molecule has 0 spiro atoms. The Hall–Kier alpha value is -0.260. The van der Waals surface area contributed by atoms with Crippen molar-refractivity contribution in [2.75, 3.05) is 39.0 Å². The van der Waals surface area contributed by atoms with Crippen LogP contribution in [0.3, 0.4) is 0 Å². The van der Waals surface area contributed by atoms with Crippen LogP contribution in [0.15, 0.2) is 0 Å². The van der Waals surface area contributed by atoms with E-state index in [1.807, 2.05) is 11.8 Å². The Morgan fingerprint density at radius 1 is 1.39 bits per heavy atom. The molecule has 1 heterocycles. The zero-order valence-electron chi connectivity index (χ0n) is 11.3. The first-order valence-electron chi connectivity index (χ1n) is 7.03. The van der Waals surface area contributed by atoms with Crippen LogP contribution in [0.1, 0.15) is 25.7 Å². The van der Waals surface area contributed by atoms with Crippen molar-refractivity contribution in [2.24, 2.45) is 0 Å². The Labute approximate surface area is 114 Å². The van der Waals surface area contributed by atoms with Gasteiger partial charge in [-0.05, 0) is 45.0 Å². The third-order valence-corrected chi connectivity index (χ3v) is 4.98. The van der Waals surface area contributed by atoms with Gasteiger partial charge in [-0.2, -0.15) is 11.8 Å². The molecule has 0 aromatic rings. The average Bonchev–Trinajstić information content (AvgIpc) is 2.65. The molecule has 0 radical (unpaired) electrons. The number of amides is 1. The highest BCUT2D eigenvalue weighted by molar-refractivity contribution is 7.99. The average molecular weight is 271 g/mol. The fourth-order valence-corrected chi connectivity index (χ4v) is 3.62. The fraction of sp³-hybridized carbons (Fsp3) is 0.923. The van der Waals surface area contributed by atoms with E-state index in [4.69, 9.17) is 0 Å². The summed E-state index contributed by atoms with van der Waals surface area (Å²) in [6.07, 6.45) is 6.86. The molecule has 2 aliphatic rings. The number of rotatable bonds is 4. The second-order valence-electron chi connectivity index (χ2n) is 5.31. The van der Waals surface area contributed by atoms with Crippen molar-refractivity contribution in [3.63, 3.8) is 0 Å². The summed E-state index contributed by atoms with van der Waals surface area (Å²) in [5, 5.41) is 7.31. The van der Waals surface area contributed by atoms with Crippen LogP contribution in [0.2, 0.25) is 0 Å².